The van der Waals surface area contributed by atoms with Crippen LogP contribution in [-0.2, 0) is 6.42 Å². The summed E-state index contributed by atoms with van der Waals surface area (Å²) in [6.07, 6.45) is 7.93. The van der Waals surface area contributed by atoms with E-state index in [2.05, 4.69) is 29.2 Å². The standard InChI is InChI=1S/C16H24N2/c17-10-4-8-15-11-14-7-1-2-9-16(14)18(15)12-13-5-3-6-13/h1-2,7,9,13,15H,3-6,8,10-12,17H2. The van der Waals surface area contributed by atoms with E-state index in [1.807, 2.05) is 0 Å². The van der Waals surface area contributed by atoms with E-state index in [4.69, 9.17) is 5.73 Å². The van der Waals surface area contributed by atoms with Crippen LogP contribution in [0.3, 0.4) is 0 Å². The number of hydrogen-bond acceptors (Lipinski definition) is 2. The molecule has 1 aliphatic heterocycles. The van der Waals surface area contributed by atoms with Crippen molar-refractivity contribution in [2.75, 3.05) is 18.0 Å². The van der Waals surface area contributed by atoms with Gasteiger partial charge in [0, 0.05) is 18.3 Å². The van der Waals surface area contributed by atoms with E-state index in [-0.39, 0.29) is 0 Å². The van der Waals surface area contributed by atoms with Crippen LogP contribution in [0.2, 0.25) is 0 Å². The second-order valence-electron chi connectivity index (χ2n) is 5.87. The van der Waals surface area contributed by atoms with Crippen molar-refractivity contribution >= 4 is 5.69 Å². The van der Waals surface area contributed by atoms with Crippen LogP contribution in [0.5, 0.6) is 0 Å². The molecule has 18 heavy (non-hydrogen) atoms. The molecular formula is C16H24N2. The first kappa shape index (κ1) is 12.0. The van der Waals surface area contributed by atoms with E-state index in [0.29, 0.717) is 6.04 Å². The fourth-order valence-corrected chi connectivity index (χ4v) is 3.34. The number of benzene rings is 1. The zero-order valence-electron chi connectivity index (χ0n) is 11.1. The van der Waals surface area contributed by atoms with Crippen molar-refractivity contribution in [1.82, 2.24) is 0 Å². The minimum Gasteiger partial charge on any atom is -0.368 e. The summed E-state index contributed by atoms with van der Waals surface area (Å²) in [5.74, 6) is 0.941. The molecule has 0 saturated heterocycles. The molecule has 0 bridgehead atoms. The van der Waals surface area contributed by atoms with Gasteiger partial charge in [-0.3, -0.25) is 0 Å². The molecule has 2 heteroatoms. The van der Waals surface area contributed by atoms with Gasteiger partial charge < -0.3 is 10.6 Å². The number of hydrogen-bond donors (Lipinski definition) is 1. The van der Waals surface area contributed by atoms with Crippen LogP contribution in [0.4, 0.5) is 5.69 Å². The highest BCUT2D eigenvalue weighted by Crippen LogP contribution is 2.37. The van der Waals surface area contributed by atoms with Crippen molar-refractivity contribution in [3.8, 4) is 0 Å². The van der Waals surface area contributed by atoms with Crippen molar-refractivity contribution in [3.05, 3.63) is 29.8 Å². The third kappa shape index (κ3) is 2.26. The lowest BCUT2D eigenvalue weighted by atomic mass is 9.85. The Bertz CT molecular complexity index is 398. The number of nitrogens with zero attached hydrogens (tertiary/aromatic N) is 1. The summed E-state index contributed by atoms with van der Waals surface area (Å²) in [4.78, 5) is 2.68. The van der Waals surface area contributed by atoms with Gasteiger partial charge in [0.15, 0.2) is 0 Å². The van der Waals surface area contributed by atoms with E-state index in [9.17, 15) is 0 Å². The van der Waals surface area contributed by atoms with Gasteiger partial charge >= 0.3 is 0 Å². The highest BCUT2D eigenvalue weighted by atomic mass is 15.2. The van der Waals surface area contributed by atoms with Crippen LogP contribution in [0, 0.1) is 5.92 Å². The Morgan fingerprint density at radius 3 is 2.78 bits per heavy atom. The molecule has 1 atom stereocenters. The maximum absolute atomic E-state index is 5.68. The average molecular weight is 244 g/mol. The van der Waals surface area contributed by atoms with Crippen LogP contribution in [0.1, 0.15) is 37.7 Å². The minimum atomic E-state index is 0.701. The fourth-order valence-electron chi connectivity index (χ4n) is 3.34. The van der Waals surface area contributed by atoms with Gasteiger partial charge in [-0.05, 0) is 56.2 Å². The molecule has 0 aromatic heterocycles. The zero-order chi connectivity index (χ0) is 12.4. The molecule has 1 aromatic rings. The molecule has 0 spiro atoms. The van der Waals surface area contributed by atoms with E-state index in [1.165, 1.54) is 44.3 Å². The summed E-state index contributed by atoms with van der Waals surface area (Å²) in [5.41, 5.74) is 8.71. The summed E-state index contributed by atoms with van der Waals surface area (Å²) in [6.45, 7) is 2.09. The first-order valence-electron chi connectivity index (χ1n) is 7.43. The highest BCUT2D eigenvalue weighted by Gasteiger charge is 2.31. The Morgan fingerprint density at radius 1 is 1.22 bits per heavy atom. The van der Waals surface area contributed by atoms with Gasteiger partial charge in [-0.1, -0.05) is 24.6 Å². The molecule has 1 fully saturated rings. The van der Waals surface area contributed by atoms with E-state index < -0.39 is 0 Å². The minimum absolute atomic E-state index is 0.701. The molecule has 3 rings (SSSR count). The average Bonchev–Trinajstić information content (AvgIpc) is 2.69. The van der Waals surface area contributed by atoms with Gasteiger partial charge in [0.05, 0.1) is 0 Å². The Hall–Kier alpha value is -1.02. The van der Waals surface area contributed by atoms with Crippen LogP contribution in [-0.4, -0.2) is 19.1 Å². The quantitative estimate of drug-likeness (QED) is 0.863. The van der Waals surface area contributed by atoms with Crippen molar-refractivity contribution in [1.29, 1.82) is 0 Å². The lowest BCUT2D eigenvalue weighted by molar-refractivity contribution is 0.310. The molecule has 2 nitrogen and oxygen atoms in total. The molecule has 1 unspecified atom stereocenters. The number of fused-ring (bicyclic) bond motifs is 1. The first-order valence-corrected chi connectivity index (χ1v) is 7.43. The summed E-state index contributed by atoms with van der Waals surface area (Å²) >= 11 is 0. The van der Waals surface area contributed by atoms with Crippen LogP contribution in [0.15, 0.2) is 24.3 Å². The Kier molecular flexibility index (Phi) is 3.55. The second kappa shape index (κ2) is 5.31. The Morgan fingerprint density at radius 2 is 2.06 bits per heavy atom. The maximum Gasteiger partial charge on any atom is 0.0402 e. The summed E-state index contributed by atoms with van der Waals surface area (Å²) in [5, 5.41) is 0. The van der Waals surface area contributed by atoms with Gasteiger partial charge in [0.1, 0.15) is 0 Å². The molecule has 1 aliphatic carbocycles. The molecule has 1 heterocycles. The van der Waals surface area contributed by atoms with Crippen molar-refractivity contribution in [2.24, 2.45) is 11.7 Å². The normalized spacial score (nSPS) is 22.9. The van der Waals surface area contributed by atoms with Gasteiger partial charge in [-0.25, -0.2) is 0 Å². The SMILES string of the molecule is NCCCC1Cc2ccccc2N1CC1CCC1. The van der Waals surface area contributed by atoms with Crippen LogP contribution in [0.25, 0.3) is 0 Å². The Labute approximate surface area is 110 Å². The fraction of sp³-hybridized carbons (Fsp3) is 0.625. The third-order valence-electron chi connectivity index (χ3n) is 4.62. The molecular weight excluding hydrogens is 220 g/mol. The number of nitrogens with two attached hydrogens (primary N) is 1. The Balaban J connectivity index is 1.74. The highest BCUT2D eigenvalue weighted by molar-refractivity contribution is 5.59. The summed E-state index contributed by atoms with van der Waals surface area (Å²) in [6, 6.07) is 9.65. The van der Waals surface area contributed by atoms with Crippen LogP contribution >= 0.6 is 0 Å². The van der Waals surface area contributed by atoms with Crippen molar-refractivity contribution < 1.29 is 0 Å². The monoisotopic (exact) mass is 244 g/mol. The van der Waals surface area contributed by atoms with Gasteiger partial charge in [-0.15, -0.1) is 0 Å². The van der Waals surface area contributed by atoms with Crippen LogP contribution < -0.4 is 10.6 Å². The first-order chi connectivity index (χ1) is 8.88. The second-order valence-corrected chi connectivity index (χ2v) is 5.87. The smallest absolute Gasteiger partial charge is 0.0402 e. The van der Waals surface area contributed by atoms with E-state index in [0.717, 1.165) is 18.9 Å². The third-order valence-corrected chi connectivity index (χ3v) is 4.62. The molecule has 98 valence electrons. The molecule has 1 aromatic carbocycles. The lowest BCUT2D eigenvalue weighted by Crippen LogP contribution is -2.38. The molecule has 2 aliphatic rings. The summed E-state index contributed by atoms with van der Waals surface area (Å²) < 4.78 is 0. The predicted octanol–water partition coefficient (Wildman–Crippen LogP) is 2.96. The molecule has 0 amide bonds. The van der Waals surface area contributed by atoms with Crippen molar-refractivity contribution in [3.63, 3.8) is 0 Å². The van der Waals surface area contributed by atoms with Crippen molar-refractivity contribution in [2.45, 2.75) is 44.6 Å². The number of para-hydroxylation sites is 1. The lowest BCUT2D eigenvalue weighted by Gasteiger charge is -2.35. The number of anilines is 1. The van der Waals surface area contributed by atoms with E-state index in [1.54, 1.807) is 5.56 Å². The number of rotatable bonds is 5. The van der Waals surface area contributed by atoms with Gasteiger partial charge in [-0.2, -0.15) is 0 Å². The largest absolute Gasteiger partial charge is 0.368 e. The zero-order valence-corrected chi connectivity index (χ0v) is 11.1. The topological polar surface area (TPSA) is 29.3 Å². The molecule has 1 saturated carbocycles. The summed E-state index contributed by atoms with van der Waals surface area (Å²) in [7, 11) is 0. The maximum atomic E-state index is 5.68. The predicted molar refractivity (Wildman–Crippen MR) is 76.9 cm³/mol. The molecule has 2 N–H and O–H groups in total. The molecule has 0 radical (unpaired) electrons. The van der Waals surface area contributed by atoms with E-state index >= 15 is 0 Å². The van der Waals surface area contributed by atoms with Gasteiger partial charge in [0.25, 0.3) is 0 Å². The van der Waals surface area contributed by atoms with Gasteiger partial charge in [0.2, 0.25) is 0 Å².